The third-order valence-electron chi connectivity index (χ3n) is 2.02. The van der Waals surface area contributed by atoms with Gasteiger partial charge in [-0.25, -0.2) is 4.98 Å². The maximum atomic E-state index is 11.4. The monoisotopic (exact) mass is 385 g/mol. The Morgan fingerprint density at radius 3 is 3.00 bits per heavy atom. The average molecular weight is 386 g/mol. The zero-order valence-electron chi connectivity index (χ0n) is 8.46. The van der Waals surface area contributed by atoms with E-state index in [4.69, 9.17) is 0 Å². The lowest BCUT2D eigenvalue weighted by Crippen LogP contribution is -2.28. The van der Waals surface area contributed by atoms with Crippen molar-refractivity contribution in [2.75, 3.05) is 23.3 Å². The summed E-state index contributed by atoms with van der Waals surface area (Å²) in [6.07, 6.45) is 2.50. The zero-order chi connectivity index (χ0) is 11.3. The first-order valence-electron chi connectivity index (χ1n) is 4.74. The molecule has 1 aromatic rings. The highest BCUT2D eigenvalue weighted by Crippen LogP contribution is 2.15. The Morgan fingerprint density at radius 2 is 2.40 bits per heavy atom. The topological polar surface area (TPSA) is 49.0 Å². The van der Waals surface area contributed by atoms with E-state index in [0.29, 0.717) is 3.57 Å². The van der Waals surface area contributed by atoms with E-state index in [1.54, 1.807) is 0 Å². The molecule has 0 saturated carbocycles. The molecular formula is C9H13BrIN3O. The smallest absolute Gasteiger partial charge is 0.266 e. The zero-order valence-corrected chi connectivity index (χ0v) is 12.2. The summed E-state index contributed by atoms with van der Waals surface area (Å²) >= 11 is 5.43. The van der Waals surface area contributed by atoms with Gasteiger partial charge in [0.15, 0.2) is 0 Å². The fourth-order valence-electron chi connectivity index (χ4n) is 1.26. The first-order valence-corrected chi connectivity index (χ1v) is 6.94. The molecule has 0 atom stereocenters. The van der Waals surface area contributed by atoms with Crippen molar-refractivity contribution in [1.29, 1.82) is 0 Å². The van der Waals surface area contributed by atoms with Crippen molar-refractivity contribution in [3.05, 3.63) is 20.3 Å². The molecule has 0 aliphatic rings. The van der Waals surface area contributed by atoms with E-state index >= 15 is 0 Å². The average Bonchev–Trinajstić information content (AvgIpc) is 2.25. The van der Waals surface area contributed by atoms with E-state index < -0.39 is 0 Å². The van der Waals surface area contributed by atoms with Gasteiger partial charge in [0.05, 0.1) is 6.33 Å². The summed E-state index contributed by atoms with van der Waals surface area (Å²) in [4.78, 5) is 20.3. The van der Waals surface area contributed by atoms with Crippen molar-refractivity contribution in [2.24, 2.45) is 0 Å². The number of H-pyrrole nitrogens is 1. The summed E-state index contributed by atoms with van der Waals surface area (Å²) < 4.78 is 0.659. The van der Waals surface area contributed by atoms with Crippen molar-refractivity contribution >= 4 is 44.3 Å². The molecule has 84 valence electrons. The molecule has 1 aromatic heterocycles. The molecule has 0 amide bonds. The van der Waals surface area contributed by atoms with Crippen LogP contribution >= 0.6 is 38.5 Å². The standard InChI is InChI=1S/C9H13BrIN3O/c1-2-14(5-3-4-10)8-7(11)9(15)13-6-12-8/h6H,2-5H2,1H3,(H,12,13,15). The predicted octanol–water partition coefficient (Wildman–Crippen LogP) is 1.99. The summed E-state index contributed by atoms with van der Waals surface area (Å²) in [6, 6.07) is 0. The number of rotatable bonds is 5. The molecule has 0 unspecified atom stereocenters. The normalized spacial score (nSPS) is 10.3. The summed E-state index contributed by atoms with van der Waals surface area (Å²) in [6.45, 7) is 3.83. The van der Waals surface area contributed by atoms with Crippen molar-refractivity contribution in [1.82, 2.24) is 9.97 Å². The molecule has 15 heavy (non-hydrogen) atoms. The number of aromatic amines is 1. The van der Waals surface area contributed by atoms with Gasteiger partial charge >= 0.3 is 0 Å². The molecule has 0 aliphatic heterocycles. The van der Waals surface area contributed by atoms with Gasteiger partial charge in [0, 0.05) is 18.4 Å². The summed E-state index contributed by atoms with van der Waals surface area (Å²) in [7, 11) is 0. The van der Waals surface area contributed by atoms with E-state index in [-0.39, 0.29) is 5.56 Å². The molecule has 0 radical (unpaired) electrons. The molecule has 1 N–H and O–H groups in total. The highest BCUT2D eigenvalue weighted by Gasteiger charge is 2.11. The minimum absolute atomic E-state index is 0.0714. The molecule has 0 saturated heterocycles. The second-order valence-corrected chi connectivity index (χ2v) is 4.86. The third-order valence-corrected chi connectivity index (χ3v) is 3.55. The Labute approximate surface area is 111 Å². The lowest BCUT2D eigenvalue weighted by Gasteiger charge is -2.21. The molecule has 0 bridgehead atoms. The number of alkyl halides is 1. The molecular weight excluding hydrogens is 373 g/mol. The molecule has 6 heteroatoms. The highest BCUT2D eigenvalue weighted by molar-refractivity contribution is 14.1. The maximum absolute atomic E-state index is 11.4. The van der Waals surface area contributed by atoms with Crippen LogP contribution in [0, 0.1) is 3.57 Å². The molecule has 0 aromatic carbocycles. The molecule has 0 spiro atoms. The van der Waals surface area contributed by atoms with Gasteiger partial charge in [-0.1, -0.05) is 15.9 Å². The fraction of sp³-hybridized carbons (Fsp3) is 0.556. The van der Waals surface area contributed by atoms with E-state index in [1.807, 2.05) is 22.6 Å². The van der Waals surface area contributed by atoms with Crippen LogP contribution in [0.3, 0.4) is 0 Å². The number of halogens is 2. The van der Waals surface area contributed by atoms with E-state index in [2.05, 4.69) is 37.7 Å². The van der Waals surface area contributed by atoms with Crippen LogP contribution in [-0.4, -0.2) is 28.4 Å². The predicted molar refractivity (Wildman–Crippen MR) is 73.9 cm³/mol. The van der Waals surface area contributed by atoms with Gasteiger partial charge in [-0.3, -0.25) is 4.79 Å². The van der Waals surface area contributed by atoms with E-state index in [0.717, 1.165) is 30.7 Å². The number of nitrogens with zero attached hydrogens (tertiary/aromatic N) is 2. The number of anilines is 1. The van der Waals surface area contributed by atoms with Gasteiger partial charge in [-0.2, -0.15) is 0 Å². The minimum Gasteiger partial charge on any atom is -0.356 e. The lowest BCUT2D eigenvalue weighted by molar-refractivity contribution is 0.777. The molecule has 4 nitrogen and oxygen atoms in total. The molecule has 0 aliphatic carbocycles. The maximum Gasteiger partial charge on any atom is 0.266 e. The van der Waals surface area contributed by atoms with Crippen LogP contribution in [0.25, 0.3) is 0 Å². The minimum atomic E-state index is -0.0714. The quantitative estimate of drug-likeness (QED) is 0.622. The van der Waals surface area contributed by atoms with Crippen LogP contribution in [0.4, 0.5) is 5.82 Å². The highest BCUT2D eigenvalue weighted by atomic mass is 127. The number of hydrogen-bond donors (Lipinski definition) is 1. The Balaban J connectivity index is 2.91. The Morgan fingerprint density at radius 1 is 1.67 bits per heavy atom. The van der Waals surface area contributed by atoms with Gasteiger partial charge in [-0.05, 0) is 35.9 Å². The van der Waals surface area contributed by atoms with Gasteiger partial charge in [0.2, 0.25) is 0 Å². The fourth-order valence-corrected chi connectivity index (χ4v) is 2.15. The summed E-state index contributed by atoms with van der Waals surface area (Å²) in [5.41, 5.74) is -0.0714. The lowest BCUT2D eigenvalue weighted by atomic mass is 10.4. The second-order valence-electron chi connectivity index (χ2n) is 2.99. The van der Waals surface area contributed by atoms with Crippen LogP contribution in [0.15, 0.2) is 11.1 Å². The van der Waals surface area contributed by atoms with Crippen LogP contribution in [0.2, 0.25) is 0 Å². The molecule has 1 heterocycles. The van der Waals surface area contributed by atoms with Gasteiger partial charge < -0.3 is 9.88 Å². The second kappa shape index (κ2) is 6.47. The first-order chi connectivity index (χ1) is 7.20. The number of nitrogens with one attached hydrogen (secondary N) is 1. The van der Waals surface area contributed by atoms with Gasteiger partial charge in [0.1, 0.15) is 9.39 Å². The van der Waals surface area contributed by atoms with Crippen LogP contribution in [0.1, 0.15) is 13.3 Å². The van der Waals surface area contributed by atoms with Crippen molar-refractivity contribution in [2.45, 2.75) is 13.3 Å². The van der Waals surface area contributed by atoms with Gasteiger partial charge in [-0.15, -0.1) is 0 Å². The van der Waals surface area contributed by atoms with Crippen molar-refractivity contribution in [3.8, 4) is 0 Å². The van der Waals surface area contributed by atoms with Crippen LogP contribution < -0.4 is 10.5 Å². The van der Waals surface area contributed by atoms with Gasteiger partial charge in [0.25, 0.3) is 5.56 Å². The number of aromatic nitrogens is 2. The summed E-state index contributed by atoms with van der Waals surface area (Å²) in [5.74, 6) is 0.780. The Hall–Kier alpha value is -0.110. The molecule has 1 rings (SSSR count). The van der Waals surface area contributed by atoms with Crippen molar-refractivity contribution in [3.63, 3.8) is 0 Å². The first kappa shape index (κ1) is 13.0. The van der Waals surface area contributed by atoms with E-state index in [1.165, 1.54) is 6.33 Å². The van der Waals surface area contributed by atoms with Crippen LogP contribution in [0.5, 0.6) is 0 Å². The summed E-state index contributed by atoms with van der Waals surface area (Å²) in [5, 5.41) is 0.962. The third kappa shape index (κ3) is 3.44. The van der Waals surface area contributed by atoms with Crippen molar-refractivity contribution < 1.29 is 0 Å². The Kier molecular flexibility index (Phi) is 5.59. The largest absolute Gasteiger partial charge is 0.356 e. The molecule has 0 fully saturated rings. The van der Waals surface area contributed by atoms with E-state index in [9.17, 15) is 4.79 Å². The SMILES string of the molecule is CCN(CCCBr)c1nc[nH]c(=O)c1I. The number of hydrogen-bond acceptors (Lipinski definition) is 3. The van der Waals surface area contributed by atoms with Crippen LogP contribution in [-0.2, 0) is 0 Å². The Bertz CT molecular complexity index is 369.